The van der Waals surface area contributed by atoms with Gasteiger partial charge in [-0.1, -0.05) is 301 Å². The summed E-state index contributed by atoms with van der Waals surface area (Å²) in [7, 11) is 0. The minimum Gasteiger partial charge on any atom is -0.466 e. The summed E-state index contributed by atoms with van der Waals surface area (Å²) in [5, 5.41) is 23.2. The molecule has 0 spiro atoms. The third-order valence-electron chi connectivity index (χ3n) is 14.4. The molecule has 0 aromatic heterocycles. The molecule has 0 radical (unpaired) electrons. The number of unbranched alkanes of at least 4 members (excludes halogenated alkanes) is 43. The first-order valence-electron chi connectivity index (χ1n) is 31.3. The van der Waals surface area contributed by atoms with Crippen LogP contribution in [0.1, 0.15) is 335 Å². The molecule has 0 aromatic rings. The van der Waals surface area contributed by atoms with Crippen LogP contribution in [0.15, 0.2) is 36.5 Å². The molecule has 6 nitrogen and oxygen atoms in total. The maximum Gasteiger partial charge on any atom is 0.305 e. The molecule has 0 aliphatic carbocycles. The summed E-state index contributed by atoms with van der Waals surface area (Å²) in [6, 6.07) is -0.634. The second-order valence-electron chi connectivity index (χ2n) is 21.4. The Labute approximate surface area is 436 Å². The first-order valence-corrected chi connectivity index (χ1v) is 31.3. The van der Waals surface area contributed by atoms with Crippen LogP contribution in [0.25, 0.3) is 0 Å². The van der Waals surface area contributed by atoms with Gasteiger partial charge in [-0.05, 0) is 57.8 Å². The van der Waals surface area contributed by atoms with E-state index < -0.39 is 12.1 Å². The van der Waals surface area contributed by atoms with Crippen LogP contribution in [0, 0.1) is 0 Å². The Hall–Kier alpha value is -1.92. The molecule has 0 saturated heterocycles. The number of ether oxygens (including phenoxy) is 1. The molecular weight excluding hydrogens is 863 g/mol. The molecule has 0 aliphatic rings. The van der Waals surface area contributed by atoms with Gasteiger partial charge in [0.2, 0.25) is 5.91 Å². The molecule has 2 atom stereocenters. The number of hydrogen-bond donors (Lipinski definition) is 3. The van der Waals surface area contributed by atoms with Crippen molar-refractivity contribution in [3.05, 3.63) is 36.5 Å². The number of hydrogen-bond acceptors (Lipinski definition) is 5. The molecule has 0 aromatic carbocycles. The fraction of sp³-hybridized carbons (Fsp3) is 0.875. The molecule has 0 fully saturated rings. The first-order chi connectivity index (χ1) is 34.5. The second kappa shape index (κ2) is 59.6. The van der Waals surface area contributed by atoms with Gasteiger partial charge in [0.1, 0.15) is 0 Å². The zero-order chi connectivity index (χ0) is 50.7. The maximum absolute atomic E-state index is 12.5. The molecule has 1 amide bonds. The summed E-state index contributed by atoms with van der Waals surface area (Å²) in [5.41, 5.74) is 0. The highest BCUT2D eigenvalue weighted by atomic mass is 16.5. The molecule has 0 bridgehead atoms. The largest absolute Gasteiger partial charge is 0.466 e. The second-order valence-corrected chi connectivity index (χ2v) is 21.4. The molecule has 0 aliphatic heterocycles. The lowest BCUT2D eigenvalue weighted by Crippen LogP contribution is -2.45. The predicted octanol–water partition coefficient (Wildman–Crippen LogP) is 19.6. The topological polar surface area (TPSA) is 95.9 Å². The van der Waals surface area contributed by atoms with Gasteiger partial charge in [-0.25, -0.2) is 0 Å². The van der Waals surface area contributed by atoms with Crippen LogP contribution in [0.3, 0.4) is 0 Å². The van der Waals surface area contributed by atoms with Crippen molar-refractivity contribution >= 4 is 11.9 Å². The quantitative estimate of drug-likeness (QED) is 0.0321. The normalized spacial score (nSPS) is 12.8. The van der Waals surface area contributed by atoms with Gasteiger partial charge in [0.15, 0.2) is 0 Å². The highest BCUT2D eigenvalue weighted by Crippen LogP contribution is 2.18. The van der Waals surface area contributed by atoms with Gasteiger partial charge in [-0.15, -0.1) is 0 Å². The Morgan fingerprint density at radius 3 is 1.13 bits per heavy atom. The zero-order valence-electron chi connectivity index (χ0n) is 47.0. The zero-order valence-corrected chi connectivity index (χ0v) is 47.0. The number of esters is 1. The first kappa shape index (κ1) is 68.1. The highest BCUT2D eigenvalue weighted by molar-refractivity contribution is 5.76. The van der Waals surface area contributed by atoms with Gasteiger partial charge in [-0.2, -0.15) is 0 Å². The van der Waals surface area contributed by atoms with E-state index in [0.29, 0.717) is 19.4 Å². The fourth-order valence-corrected chi connectivity index (χ4v) is 9.59. The van der Waals surface area contributed by atoms with Crippen molar-refractivity contribution in [3.8, 4) is 0 Å². The SMILES string of the molecule is CCCC/C=C\C/C=C\CCCCCCCC(=O)OCCCCCCCCCCCCCCCCCCCC(=O)NC(CO)C(O)/C=C/CCCCCCCCCCCCCCCCCCCCCC. The monoisotopic (exact) mass is 984 g/mol. The molecule has 0 heterocycles. The van der Waals surface area contributed by atoms with E-state index in [9.17, 15) is 19.8 Å². The van der Waals surface area contributed by atoms with Crippen molar-refractivity contribution in [3.63, 3.8) is 0 Å². The minimum atomic E-state index is -0.850. The maximum atomic E-state index is 12.5. The lowest BCUT2D eigenvalue weighted by Gasteiger charge is -2.20. The number of aliphatic hydroxyl groups excluding tert-OH is 2. The molecule has 412 valence electrons. The van der Waals surface area contributed by atoms with E-state index in [-0.39, 0.29) is 18.5 Å². The Morgan fingerprint density at radius 1 is 0.400 bits per heavy atom. The third-order valence-corrected chi connectivity index (χ3v) is 14.4. The van der Waals surface area contributed by atoms with E-state index in [1.165, 1.54) is 257 Å². The highest BCUT2D eigenvalue weighted by Gasteiger charge is 2.18. The number of carbonyl (C=O) groups excluding carboxylic acids is 2. The smallest absolute Gasteiger partial charge is 0.305 e. The summed E-state index contributed by atoms with van der Waals surface area (Å²) >= 11 is 0. The Morgan fingerprint density at radius 2 is 0.729 bits per heavy atom. The Kier molecular flexibility index (Phi) is 58.0. The average Bonchev–Trinajstić information content (AvgIpc) is 3.36. The van der Waals surface area contributed by atoms with Crippen molar-refractivity contribution in [2.75, 3.05) is 13.2 Å². The van der Waals surface area contributed by atoms with E-state index in [4.69, 9.17) is 4.74 Å². The number of carbonyl (C=O) groups is 2. The average molecular weight is 985 g/mol. The summed E-state index contributed by atoms with van der Waals surface area (Å²) in [5.74, 6) is -0.0808. The lowest BCUT2D eigenvalue weighted by atomic mass is 10.0. The molecule has 70 heavy (non-hydrogen) atoms. The fourth-order valence-electron chi connectivity index (χ4n) is 9.59. The van der Waals surface area contributed by atoms with Crippen molar-refractivity contribution < 1.29 is 24.5 Å². The van der Waals surface area contributed by atoms with Crippen molar-refractivity contribution in [1.29, 1.82) is 0 Å². The summed E-state index contributed by atoms with van der Waals surface area (Å²) < 4.78 is 5.47. The van der Waals surface area contributed by atoms with E-state index in [1.807, 2.05) is 6.08 Å². The van der Waals surface area contributed by atoms with Crippen LogP contribution in [-0.4, -0.2) is 47.4 Å². The van der Waals surface area contributed by atoms with Gasteiger partial charge in [0, 0.05) is 12.8 Å². The molecule has 2 unspecified atom stereocenters. The Bertz CT molecular complexity index is 1130. The lowest BCUT2D eigenvalue weighted by molar-refractivity contribution is -0.143. The van der Waals surface area contributed by atoms with E-state index >= 15 is 0 Å². The van der Waals surface area contributed by atoms with Gasteiger partial charge < -0.3 is 20.3 Å². The van der Waals surface area contributed by atoms with Gasteiger partial charge in [-0.3, -0.25) is 9.59 Å². The van der Waals surface area contributed by atoms with Gasteiger partial charge in [0.05, 0.1) is 25.4 Å². The van der Waals surface area contributed by atoms with Crippen LogP contribution in [0.2, 0.25) is 0 Å². The predicted molar refractivity (Wildman–Crippen MR) is 306 cm³/mol. The summed E-state index contributed by atoms with van der Waals surface area (Å²) in [6.07, 6.45) is 74.6. The third kappa shape index (κ3) is 55.4. The molecule has 0 rings (SSSR count). The van der Waals surface area contributed by atoms with Crippen molar-refractivity contribution in [1.82, 2.24) is 5.32 Å². The molecular formula is C64H121NO5. The van der Waals surface area contributed by atoms with E-state index in [2.05, 4.69) is 43.5 Å². The number of allylic oxidation sites excluding steroid dienone is 5. The van der Waals surface area contributed by atoms with Crippen LogP contribution < -0.4 is 5.32 Å². The Balaban J connectivity index is 3.46. The summed E-state index contributed by atoms with van der Waals surface area (Å²) in [4.78, 5) is 24.5. The number of amides is 1. The van der Waals surface area contributed by atoms with E-state index in [1.54, 1.807) is 6.08 Å². The van der Waals surface area contributed by atoms with Crippen molar-refractivity contribution in [2.45, 2.75) is 347 Å². The van der Waals surface area contributed by atoms with Crippen LogP contribution >= 0.6 is 0 Å². The standard InChI is InChI=1S/C64H121NO5/c1-3-5-7-9-11-13-15-17-19-20-21-22-23-24-26-29-32-36-40-44-48-52-56-62(67)61(60-66)65-63(68)57-53-49-45-41-37-33-30-27-25-28-31-35-39-43-47-51-55-59-70-64(69)58-54-50-46-42-38-34-18-16-14-12-10-8-6-4-2/h10,12,16,18,52,56,61-62,66-67H,3-9,11,13-15,17,19-51,53-55,57-60H2,1-2H3,(H,65,68)/b12-10-,18-16-,56-52+. The minimum absolute atomic E-state index is 0.00986. The summed E-state index contributed by atoms with van der Waals surface area (Å²) in [6.45, 7) is 4.87. The molecule has 0 saturated carbocycles. The molecule has 3 N–H and O–H groups in total. The number of nitrogens with one attached hydrogen (secondary N) is 1. The number of rotatable bonds is 58. The van der Waals surface area contributed by atoms with E-state index in [0.717, 1.165) is 51.4 Å². The molecule has 6 heteroatoms. The van der Waals surface area contributed by atoms with Crippen LogP contribution in [0.5, 0.6) is 0 Å². The van der Waals surface area contributed by atoms with Gasteiger partial charge >= 0.3 is 5.97 Å². The van der Waals surface area contributed by atoms with Gasteiger partial charge in [0.25, 0.3) is 0 Å². The van der Waals surface area contributed by atoms with Crippen LogP contribution in [-0.2, 0) is 14.3 Å². The van der Waals surface area contributed by atoms with Crippen LogP contribution in [0.4, 0.5) is 0 Å². The van der Waals surface area contributed by atoms with Crippen molar-refractivity contribution in [2.24, 2.45) is 0 Å². The number of aliphatic hydroxyl groups is 2.